The van der Waals surface area contributed by atoms with Crippen LogP contribution in [0.4, 0.5) is 4.39 Å². The summed E-state index contributed by atoms with van der Waals surface area (Å²) in [5.74, 6) is -0.205. The SMILES string of the molecule is Fc1cc(Br)ccc1COC1CCNCC1. The quantitative estimate of drug-likeness (QED) is 0.923. The van der Waals surface area contributed by atoms with Crippen LogP contribution in [0.25, 0.3) is 0 Å². The first-order valence-corrected chi connectivity index (χ1v) is 6.31. The van der Waals surface area contributed by atoms with Gasteiger partial charge in [-0.2, -0.15) is 0 Å². The minimum Gasteiger partial charge on any atom is -0.373 e. The van der Waals surface area contributed by atoms with Gasteiger partial charge < -0.3 is 10.1 Å². The highest BCUT2D eigenvalue weighted by molar-refractivity contribution is 9.10. The van der Waals surface area contributed by atoms with Gasteiger partial charge in [-0.1, -0.05) is 22.0 Å². The normalized spacial score (nSPS) is 17.6. The fourth-order valence-corrected chi connectivity index (χ4v) is 2.14. The maximum Gasteiger partial charge on any atom is 0.129 e. The standard InChI is InChI=1S/C12H15BrFNO/c13-10-2-1-9(12(14)7-10)8-16-11-3-5-15-6-4-11/h1-2,7,11,15H,3-6,8H2. The highest BCUT2D eigenvalue weighted by Crippen LogP contribution is 2.17. The van der Waals surface area contributed by atoms with E-state index in [1.165, 1.54) is 6.07 Å². The van der Waals surface area contributed by atoms with Crippen molar-refractivity contribution in [2.24, 2.45) is 0 Å². The van der Waals surface area contributed by atoms with Crippen molar-refractivity contribution in [2.75, 3.05) is 13.1 Å². The van der Waals surface area contributed by atoms with Gasteiger partial charge in [-0.3, -0.25) is 0 Å². The molecule has 1 heterocycles. The average molecular weight is 288 g/mol. The fraction of sp³-hybridized carbons (Fsp3) is 0.500. The first-order chi connectivity index (χ1) is 7.75. The minimum atomic E-state index is -0.205. The van der Waals surface area contributed by atoms with Crippen molar-refractivity contribution in [3.8, 4) is 0 Å². The van der Waals surface area contributed by atoms with E-state index >= 15 is 0 Å². The van der Waals surface area contributed by atoms with Crippen LogP contribution in [0.1, 0.15) is 18.4 Å². The van der Waals surface area contributed by atoms with Crippen LogP contribution in [-0.4, -0.2) is 19.2 Å². The molecular formula is C12H15BrFNO. The predicted octanol–water partition coefficient (Wildman–Crippen LogP) is 2.86. The highest BCUT2D eigenvalue weighted by Gasteiger charge is 2.14. The number of benzene rings is 1. The van der Waals surface area contributed by atoms with Gasteiger partial charge in [0.25, 0.3) is 0 Å². The zero-order chi connectivity index (χ0) is 11.4. The number of piperidine rings is 1. The molecule has 1 aliphatic heterocycles. The van der Waals surface area contributed by atoms with E-state index in [9.17, 15) is 4.39 Å². The number of rotatable bonds is 3. The monoisotopic (exact) mass is 287 g/mol. The first-order valence-electron chi connectivity index (χ1n) is 5.52. The molecule has 0 saturated carbocycles. The van der Waals surface area contributed by atoms with Gasteiger partial charge in [0.15, 0.2) is 0 Å². The zero-order valence-corrected chi connectivity index (χ0v) is 10.6. The topological polar surface area (TPSA) is 21.3 Å². The first kappa shape index (κ1) is 12.0. The van der Waals surface area contributed by atoms with Gasteiger partial charge in [-0.25, -0.2) is 4.39 Å². The van der Waals surface area contributed by atoms with Crippen molar-refractivity contribution < 1.29 is 9.13 Å². The van der Waals surface area contributed by atoms with Crippen molar-refractivity contribution in [3.63, 3.8) is 0 Å². The van der Waals surface area contributed by atoms with Gasteiger partial charge in [-0.05, 0) is 38.1 Å². The van der Waals surface area contributed by atoms with E-state index in [2.05, 4.69) is 21.2 Å². The molecule has 2 rings (SSSR count). The summed E-state index contributed by atoms with van der Waals surface area (Å²) in [4.78, 5) is 0. The minimum absolute atomic E-state index is 0.205. The smallest absolute Gasteiger partial charge is 0.129 e. The Balaban J connectivity index is 1.88. The molecule has 16 heavy (non-hydrogen) atoms. The summed E-state index contributed by atoms with van der Waals surface area (Å²) in [6.07, 6.45) is 2.29. The molecule has 88 valence electrons. The van der Waals surface area contributed by atoms with Crippen molar-refractivity contribution in [3.05, 3.63) is 34.1 Å². The predicted molar refractivity (Wildman–Crippen MR) is 64.8 cm³/mol. The van der Waals surface area contributed by atoms with Gasteiger partial charge in [0, 0.05) is 10.0 Å². The van der Waals surface area contributed by atoms with Crippen molar-refractivity contribution in [1.29, 1.82) is 0 Å². The summed E-state index contributed by atoms with van der Waals surface area (Å²) in [5.41, 5.74) is 0.627. The molecule has 0 atom stereocenters. The van der Waals surface area contributed by atoms with Crippen LogP contribution in [0.15, 0.2) is 22.7 Å². The third kappa shape index (κ3) is 3.27. The number of halogens is 2. The van der Waals surface area contributed by atoms with Gasteiger partial charge in [-0.15, -0.1) is 0 Å². The molecule has 1 aliphatic rings. The average Bonchev–Trinajstić information content (AvgIpc) is 2.29. The molecule has 0 amide bonds. The summed E-state index contributed by atoms with van der Waals surface area (Å²) >= 11 is 3.23. The maximum absolute atomic E-state index is 13.5. The molecule has 0 spiro atoms. The molecule has 1 fully saturated rings. The summed E-state index contributed by atoms with van der Waals surface area (Å²) in [5, 5.41) is 3.27. The third-order valence-electron chi connectivity index (χ3n) is 2.78. The molecule has 2 nitrogen and oxygen atoms in total. The van der Waals surface area contributed by atoms with E-state index < -0.39 is 0 Å². The van der Waals surface area contributed by atoms with Gasteiger partial charge in [0.05, 0.1) is 12.7 Å². The second-order valence-electron chi connectivity index (χ2n) is 4.00. The van der Waals surface area contributed by atoms with Crippen molar-refractivity contribution >= 4 is 15.9 Å². The summed E-state index contributed by atoms with van der Waals surface area (Å²) in [7, 11) is 0. The van der Waals surface area contributed by atoms with Crippen molar-refractivity contribution in [2.45, 2.75) is 25.6 Å². The highest BCUT2D eigenvalue weighted by atomic mass is 79.9. The Kier molecular flexibility index (Phi) is 4.32. The Labute approximate surface area is 103 Å². The van der Waals surface area contributed by atoms with E-state index in [0.717, 1.165) is 30.4 Å². The summed E-state index contributed by atoms with van der Waals surface area (Å²) in [6, 6.07) is 5.08. The zero-order valence-electron chi connectivity index (χ0n) is 9.01. The van der Waals surface area contributed by atoms with Crippen LogP contribution in [0.5, 0.6) is 0 Å². The van der Waals surface area contributed by atoms with E-state index in [4.69, 9.17) is 4.74 Å². The molecular weight excluding hydrogens is 273 g/mol. The summed E-state index contributed by atoms with van der Waals surface area (Å²) in [6.45, 7) is 2.35. The molecule has 0 aromatic heterocycles. The number of nitrogens with one attached hydrogen (secondary N) is 1. The Morgan fingerprint density at radius 2 is 2.12 bits per heavy atom. The molecule has 1 aromatic rings. The summed E-state index contributed by atoms with van der Waals surface area (Å²) < 4.78 is 19.9. The van der Waals surface area contributed by atoms with E-state index in [1.807, 2.05) is 6.07 Å². The van der Waals surface area contributed by atoms with Crippen LogP contribution in [0.3, 0.4) is 0 Å². The van der Waals surface area contributed by atoms with Crippen LogP contribution in [-0.2, 0) is 11.3 Å². The Morgan fingerprint density at radius 3 is 2.81 bits per heavy atom. The Hall–Kier alpha value is -0.450. The van der Waals surface area contributed by atoms with Gasteiger partial charge in [0.2, 0.25) is 0 Å². The molecule has 4 heteroatoms. The number of hydrogen-bond acceptors (Lipinski definition) is 2. The van der Waals surface area contributed by atoms with E-state index in [0.29, 0.717) is 12.2 Å². The van der Waals surface area contributed by atoms with Gasteiger partial charge >= 0.3 is 0 Å². The van der Waals surface area contributed by atoms with Crippen LogP contribution in [0, 0.1) is 5.82 Å². The second-order valence-corrected chi connectivity index (χ2v) is 4.91. The lowest BCUT2D eigenvalue weighted by Gasteiger charge is -2.23. The molecule has 1 saturated heterocycles. The molecule has 1 N–H and O–H groups in total. The third-order valence-corrected chi connectivity index (χ3v) is 3.27. The number of ether oxygens (including phenoxy) is 1. The van der Waals surface area contributed by atoms with Crippen LogP contribution >= 0.6 is 15.9 Å². The largest absolute Gasteiger partial charge is 0.373 e. The lowest BCUT2D eigenvalue weighted by Crippen LogP contribution is -2.32. The lowest BCUT2D eigenvalue weighted by molar-refractivity contribution is 0.0199. The van der Waals surface area contributed by atoms with Crippen LogP contribution in [0.2, 0.25) is 0 Å². The van der Waals surface area contributed by atoms with E-state index in [1.54, 1.807) is 6.07 Å². The van der Waals surface area contributed by atoms with Crippen molar-refractivity contribution in [1.82, 2.24) is 5.32 Å². The molecule has 1 aromatic carbocycles. The lowest BCUT2D eigenvalue weighted by atomic mass is 10.1. The van der Waals surface area contributed by atoms with E-state index in [-0.39, 0.29) is 11.9 Å². The Bertz CT molecular complexity index is 353. The Morgan fingerprint density at radius 1 is 1.38 bits per heavy atom. The maximum atomic E-state index is 13.5. The second kappa shape index (κ2) is 5.75. The molecule has 0 unspecified atom stereocenters. The fourth-order valence-electron chi connectivity index (χ4n) is 1.81. The molecule has 0 radical (unpaired) electrons. The molecule has 0 aliphatic carbocycles. The number of hydrogen-bond donors (Lipinski definition) is 1. The molecule has 0 bridgehead atoms. The van der Waals surface area contributed by atoms with Gasteiger partial charge in [0.1, 0.15) is 5.82 Å². The van der Waals surface area contributed by atoms with Crippen LogP contribution < -0.4 is 5.32 Å².